The predicted molar refractivity (Wildman–Crippen MR) is 263 cm³/mol. The second-order valence-electron chi connectivity index (χ2n) is 16.6. The SMILES string of the molecule is C=NCC(/N=C/c1cncc(-n2c3ccccc3c3ccc4c5ccccc5n(-c5ccccc5)c4c32)n1)N1c2ccccc2C2C=Cc3c(n(-c4ccccc4)c4ccccc34)C21. The molecular formula is C56H40N8. The molecule has 13 rings (SSSR count). The van der Waals surface area contributed by atoms with Gasteiger partial charge in [-0.05, 0) is 60.8 Å². The summed E-state index contributed by atoms with van der Waals surface area (Å²) in [5, 5.41) is 5.91. The number of aliphatic imine (C=N–C) groups is 2. The summed E-state index contributed by atoms with van der Waals surface area (Å²) in [5.74, 6) is 0.826. The summed E-state index contributed by atoms with van der Waals surface area (Å²) in [6.07, 6.45) is 9.86. The highest BCUT2D eigenvalue weighted by Gasteiger charge is 2.45. The minimum atomic E-state index is -0.380. The van der Waals surface area contributed by atoms with Gasteiger partial charge in [-0.1, -0.05) is 133 Å². The zero-order chi connectivity index (χ0) is 42.3. The maximum absolute atomic E-state index is 5.38. The molecule has 11 aromatic rings. The molecule has 1 aliphatic carbocycles. The Labute approximate surface area is 369 Å². The van der Waals surface area contributed by atoms with Crippen molar-refractivity contribution in [1.29, 1.82) is 0 Å². The van der Waals surface area contributed by atoms with E-state index in [9.17, 15) is 0 Å². The Morgan fingerprint density at radius 3 is 1.86 bits per heavy atom. The van der Waals surface area contributed by atoms with Crippen molar-refractivity contribution in [1.82, 2.24) is 23.7 Å². The molecule has 0 saturated heterocycles. The molecule has 5 heterocycles. The van der Waals surface area contributed by atoms with Crippen LogP contribution >= 0.6 is 0 Å². The molecule has 8 heteroatoms. The Balaban J connectivity index is 0.978. The number of benzene rings is 7. The van der Waals surface area contributed by atoms with Crippen LogP contribution in [0.4, 0.5) is 5.69 Å². The number of hydrogen-bond acceptors (Lipinski definition) is 5. The molecule has 0 radical (unpaired) electrons. The highest BCUT2D eigenvalue weighted by Crippen LogP contribution is 2.55. The van der Waals surface area contributed by atoms with Gasteiger partial charge >= 0.3 is 0 Å². The van der Waals surface area contributed by atoms with E-state index >= 15 is 0 Å². The second kappa shape index (κ2) is 14.4. The van der Waals surface area contributed by atoms with Gasteiger partial charge in [0.15, 0.2) is 5.82 Å². The van der Waals surface area contributed by atoms with Crippen LogP contribution in [0, 0.1) is 0 Å². The van der Waals surface area contributed by atoms with Crippen LogP contribution in [0.3, 0.4) is 0 Å². The molecule has 0 fully saturated rings. The van der Waals surface area contributed by atoms with Gasteiger partial charge < -0.3 is 14.0 Å². The minimum absolute atomic E-state index is 0.0530. The molecule has 8 nitrogen and oxygen atoms in total. The summed E-state index contributed by atoms with van der Waals surface area (Å²) >= 11 is 0. The zero-order valence-corrected chi connectivity index (χ0v) is 34.8. The molecule has 3 unspecified atom stereocenters. The second-order valence-corrected chi connectivity index (χ2v) is 16.6. The molecule has 64 heavy (non-hydrogen) atoms. The number of anilines is 1. The van der Waals surface area contributed by atoms with E-state index in [4.69, 9.17) is 15.0 Å². The molecule has 7 aromatic carbocycles. The van der Waals surface area contributed by atoms with Crippen LogP contribution in [0.15, 0.2) is 198 Å². The Bertz CT molecular complexity index is 3700. The van der Waals surface area contributed by atoms with Crippen LogP contribution in [0.1, 0.15) is 34.5 Å². The summed E-state index contributed by atoms with van der Waals surface area (Å²) in [5.41, 5.74) is 13.4. The van der Waals surface area contributed by atoms with Crippen LogP contribution in [0.25, 0.3) is 77.8 Å². The van der Waals surface area contributed by atoms with E-state index in [0.29, 0.717) is 18.1 Å². The van der Waals surface area contributed by atoms with Crippen LogP contribution in [-0.2, 0) is 0 Å². The first-order valence-electron chi connectivity index (χ1n) is 21.8. The van der Waals surface area contributed by atoms with E-state index in [1.165, 1.54) is 38.5 Å². The van der Waals surface area contributed by atoms with Crippen molar-refractivity contribution in [2.75, 3.05) is 11.4 Å². The van der Waals surface area contributed by atoms with E-state index < -0.39 is 0 Å². The van der Waals surface area contributed by atoms with Crippen molar-refractivity contribution in [3.05, 3.63) is 211 Å². The molecule has 0 bridgehead atoms. The Morgan fingerprint density at radius 2 is 1.16 bits per heavy atom. The Morgan fingerprint density at radius 1 is 0.578 bits per heavy atom. The van der Waals surface area contributed by atoms with Crippen LogP contribution in [-0.4, -0.2) is 49.3 Å². The fourth-order valence-electron chi connectivity index (χ4n) is 10.8. The minimum Gasteiger partial charge on any atom is -0.338 e. The summed E-state index contributed by atoms with van der Waals surface area (Å²) in [7, 11) is 0. The van der Waals surface area contributed by atoms with E-state index in [-0.39, 0.29) is 18.1 Å². The molecule has 304 valence electrons. The molecule has 1 aliphatic heterocycles. The number of nitrogens with zero attached hydrogens (tertiary/aromatic N) is 8. The number of rotatable bonds is 8. The van der Waals surface area contributed by atoms with Gasteiger partial charge in [0.2, 0.25) is 0 Å². The van der Waals surface area contributed by atoms with Crippen LogP contribution < -0.4 is 4.90 Å². The third kappa shape index (κ3) is 5.29. The van der Waals surface area contributed by atoms with Gasteiger partial charge in [0.05, 0.1) is 64.5 Å². The monoisotopic (exact) mass is 824 g/mol. The lowest BCUT2D eigenvalue weighted by atomic mass is 9.86. The van der Waals surface area contributed by atoms with Gasteiger partial charge in [0.25, 0.3) is 0 Å². The molecule has 2 aliphatic rings. The van der Waals surface area contributed by atoms with E-state index in [2.05, 4.69) is 212 Å². The number of para-hydroxylation sites is 6. The lowest BCUT2D eigenvalue weighted by Crippen LogP contribution is -2.39. The predicted octanol–water partition coefficient (Wildman–Crippen LogP) is 12.4. The number of hydrogen-bond donors (Lipinski definition) is 0. The third-order valence-electron chi connectivity index (χ3n) is 13.3. The first-order chi connectivity index (χ1) is 31.8. The average molecular weight is 825 g/mol. The van der Waals surface area contributed by atoms with Gasteiger partial charge in [0, 0.05) is 55.5 Å². The normalized spacial score (nSPS) is 16.0. The molecule has 0 amide bonds. The molecule has 0 N–H and O–H groups in total. The lowest BCUT2D eigenvalue weighted by Gasteiger charge is -2.36. The fraction of sp³-hybridized carbons (Fsp3) is 0.0714. The maximum atomic E-state index is 5.38. The molecule has 3 atom stereocenters. The largest absolute Gasteiger partial charge is 0.338 e. The molecule has 0 spiro atoms. The third-order valence-corrected chi connectivity index (χ3v) is 13.3. The Kier molecular flexibility index (Phi) is 8.15. The van der Waals surface area contributed by atoms with Crippen molar-refractivity contribution >= 4 is 79.2 Å². The quantitative estimate of drug-likeness (QED) is 0.143. The maximum Gasteiger partial charge on any atom is 0.156 e. The van der Waals surface area contributed by atoms with Gasteiger partial charge in [-0.25, -0.2) is 4.98 Å². The van der Waals surface area contributed by atoms with E-state index in [1.54, 1.807) is 6.20 Å². The van der Waals surface area contributed by atoms with Crippen LogP contribution in [0.2, 0.25) is 0 Å². The summed E-state index contributed by atoms with van der Waals surface area (Å²) in [6.45, 7) is 4.39. The molecule has 4 aromatic heterocycles. The summed E-state index contributed by atoms with van der Waals surface area (Å²) in [4.78, 5) is 22.5. The fourth-order valence-corrected chi connectivity index (χ4v) is 10.8. The van der Waals surface area contributed by atoms with E-state index in [1.807, 2.05) is 12.4 Å². The lowest BCUT2D eigenvalue weighted by molar-refractivity contribution is 0.517. The van der Waals surface area contributed by atoms with Crippen molar-refractivity contribution < 1.29 is 0 Å². The highest BCUT2D eigenvalue weighted by atomic mass is 15.3. The summed E-state index contributed by atoms with van der Waals surface area (Å²) < 4.78 is 7.11. The topological polar surface area (TPSA) is 68.5 Å². The van der Waals surface area contributed by atoms with Crippen molar-refractivity contribution in [3.63, 3.8) is 0 Å². The molecule has 0 saturated carbocycles. The zero-order valence-electron chi connectivity index (χ0n) is 34.8. The van der Waals surface area contributed by atoms with Gasteiger partial charge in [0.1, 0.15) is 11.9 Å². The highest BCUT2D eigenvalue weighted by molar-refractivity contribution is 6.23. The summed E-state index contributed by atoms with van der Waals surface area (Å²) in [6, 6.07) is 60.5. The first-order valence-corrected chi connectivity index (χ1v) is 21.8. The standard InChI is InChI=1S/C56H40N8/c1-57-34-51(63-49-26-14-10-22-41(49)45-30-28-43-39-20-8-12-24-47(39)61(53(43)55(45)63)37-16-4-2-5-17-37)59-33-36-32-58-35-52(60-36)64-50-27-15-11-23-42(50)46-31-29-44-40-21-9-13-25-48(40)62(54(44)56(46)64)38-18-6-3-7-19-38/h2-33,35,45,51,55H,1,34H2/b59-33+. The van der Waals surface area contributed by atoms with Crippen LogP contribution in [0.5, 0.6) is 0 Å². The van der Waals surface area contributed by atoms with Crippen molar-refractivity contribution in [3.8, 4) is 17.2 Å². The smallest absolute Gasteiger partial charge is 0.156 e. The molecular weight excluding hydrogens is 785 g/mol. The van der Waals surface area contributed by atoms with E-state index in [0.717, 1.165) is 49.9 Å². The van der Waals surface area contributed by atoms with Gasteiger partial charge in [-0.15, -0.1) is 0 Å². The Hall–Kier alpha value is -8.36. The van der Waals surface area contributed by atoms with Gasteiger partial charge in [-0.3, -0.25) is 19.5 Å². The number of fused-ring (bicyclic) bond motifs is 14. The van der Waals surface area contributed by atoms with Gasteiger partial charge in [-0.2, -0.15) is 0 Å². The first kappa shape index (κ1) is 36.3. The van der Waals surface area contributed by atoms with Crippen molar-refractivity contribution in [2.45, 2.75) is 18.1 Å². The average Bonchev–Trinajstić information content (AvgIpc) is 4.09. The van der Waals surface area contributed by atoms with Crippen molar-refractivity contribution in [2.24, 2.45) is 9.98 Å². The number of aromatic nitrogens is 5.